The Balaban J connectivity index is 2.06. The van der Waals surface area contributed by atoms with Gasteiger partial charge in [0.15, 0.2) is 5.78 Å². The Morgan fingerprint density at radius 2 is 2.05 bits per heavy atom. The zero-order valence-corrected chi connectivity index (χ0v) is 11.8. The lowest BCUT2D eigenvalue weighted by atomic mass is 10.2. The number of furan rings is 1. The van der Waals surface area contributed by atoms with Crippen LogP contribution >= 0.6 is 0 Å². The first kappa shape index (κ1) is 14.5. The maximum Gasteiger partial charge on any atom is 0.240 e. The van der Waals surface area contributed by atoms with Crippen LogP contribution in [-0.2, 0) is 16.4 Å². The van der Waals surface area contributed by atoms with Crippen molar-refractivity contribution in [3.63, 3.8) is 0 Å². The molecule has 5 nitrogen and oxygen atoms in total. The highest BCUT2D eigenvalue weighted by molar-refractivity contribution is 7.89. The molecular weight excluding hydrogens is 278 g/mol. The Morgan fingerprint density at radius 3 is 2.70 bits per heavy atom. The summed E-state index contributed by atoms with van der Waals surface area (Å²) in [6, 6.07) is 9.51. The third-order valence-corrected chi connectivity index (χ3v) is 4.25. The number of nitrogens with one attached hydrogen (secondary N) is 1. The van der Waals surface area contributed by atoms with Crippen molar-refractivity contribution in [3.8, 4) is 0 Å². The highest BCUT2D eigenvalue weighted by Gasteiger charge is 2.14. The van der Waals surface area contributed by atoms with Crippen LogP contribution in [0, 0.1) is 0 Å². The molecule has 2 rings (SSSR count). The van der Waals surface area contributed by atoms with Crippen LogP contribution < -0.4 is 4.72 Å². The summed E-state index contributed by atoms with van der Waals surface area (Å²) in [5, 5.41) is 0. The molecule has 0 aliphatic heterocycles. The summed E-state index contributed by atoms with van der Waals surface area (Å²) in [7, 11) is -3.61. The second-order valence-corrected chi connectivity index (χ2v) is 6.08. The molecular formula is C14H15NO4S. The van der Waals surface area contributed by atoms with Gasteiger partial charge in [0.1, 0.15) is 5.76 Å². The highest BCUT2D eigenvalue weighted by Crippen LogP contribution is 2.12. The standard InChI is InChI=1S/C14H15NO4S/c1-11(16)12-4-2-6-14(10-12)20(17,18)15-8-7-13-5-3-9-19-13/h2-6,9-10,15H,7-8H2,1H3. The smallest absolute Gasteiger partial charge is 0.240 e. The molecule has 0 amide bonds. The van der Waals surface area contributed by atoms with Gasteiger partial charge in [-0.3, -0.25) is 4.79 Å². The number of carbonyl (C=O) groups excluding carboxylic acids is 1. The fourth-order valence-electron chi connectivity index (χ4n) is 1.73. The number of rotatable bonds is 6. The van der Waals surface area contributed by atoms with E-state index in [9.17, 15) is 13.2 Å². The zero-order valence-electron chi connectivity index (χ0n) is 11.0. The Labute approximate surface area is 117 Å². The summed E-state index contributed by atoms with van der Waals surface area (Å²) in [5.41, 5.74) is 0.374. The first-order valence-corrected chi connectivity index (χ1v) is 7.60. The van der Waals surface area contributed by atoms with E-state index in [-0.39, 0.29) is 17.2 Å². The van der Waals surface area contributed by atoms with Gasteiger partial charge >= 0.3 is 0 Å². The molecule has 1 heterocycles. The van der Waals surface area contributed by atoms with Crippen molar-refractivity contribution in [1.29, 1.82) is 0 Å². The molecule has 20 heavy (non-hydrogen) atoms. The van der Waals surface area contributed by atoms with Crippen molar-refractivity contribution in [2.24, 2.45) is 0 Å². The van der Waals surface area contributed by atoms with Crippen LogP contribution in [0.3, 0.4) is 0 Å². The van der Waals surface area contributed by atoms with Crippen molar-refractivity contribution in [2.45, 2.75) is 18.2 Å². The predicted molar refractivity (Wildman–Crippen MR) is 74.0 cm³/mol. The van der Waals surface area contributed by atoms with Crippen LogP contribution in [-0.4, -0.2) is 20.7 Å². The topological polar surface area (TPSA) is 76.4 Å². The normalized spacial score (nSPS) is 11.4. The fourth-order valence-corrected chi connectivity index (χ4v) is 2.81. The van der Waals surface area contributed by atoms with Crippen LogP contribution in [0.1, 0.15) is 23.0 Å². The summed E-state index contributed by atoms with van der Waals surface area (Å²) in [6.45, 7) is 1.64. The SMILES string of the molecule is CC(=O)c1cccc(S(=O)(=O)NCCc2ccco2)c1. The summed E-state index contributed by atoms with van der Waals surface area (Å²) in [4.78, 5) is 11.4. The number of Topliss-reactive ketones (excluding diaryl/α,β-unsaturated/α-hetero) is 1. The molecule has 1 aromatic carbocycles. The summed E-state index contributed by atoms with van der Waals surface area (Å²) in [6.07, 6.45) is 2.01. The van der Waals surface area contributed by atoms with Crippen molar-refractivity contribution < 1.29 is 17.6 Å². The molecule has 2 aromatic rings. The number of hydrogen-bond acceptors (Lipinski definition) is 4. The van der Waals surface area contributed by atoms with Crippen LogP contribution in [0.5, 0.6) is 0 Å². The zero-order chi connectivity index (χ0) is 14.6. The average Bonchev–Trinajstić information content (AvgIpc) is 2.92. The molecule has 0 aliphatic carbocycles. The molecule has 0 bridgehead atoms. The van der Waals surface area contributed by atoms with E-state index in [0.29, 0.717) is 17.7 Å². The van der Waals surface area contributed by atoms with Gasteiger partial charge in [-0.1, -0.05) is 12.1 Å². The molecule has 0 atom stereocenters. The quantitative estimate of drug-likeness (QED) is 0.826. The lowest BCUT2D eigenvalue weighted by Crippen LogP contribution is -2.26. The third kappa shape index (κ3) is 3.55. The molecule has 0 aliphatic rings. The number of carbonyl (C=O) groups is 1. The molecule has 0 radical (unpaired) electrons. The third-order valence-electron chi connectivity index (χ3n) is 2.79. The Kier molecular flexibility index (Phi) is 4.36. The van der Waals surface area contributed by atoms with Gasteiger partial charge < -0.3 is 4.42 Å². The molecule has 0 saturated heterocycles. The van der Waals surface area contributed by atoms with Crippen LogP contribution in [0.15, 0.2) is 52.0 Å². The first-order valence-electron chi connectivity index (χ1n) is 6.12. The minimum Gasteiger partial charge on any atom is -0.469 e. The van der Waals surface area contributed by atoms with Crippen LogP contribution in [0.25, 0.3) is 0 Å². The summed E-state index contributed by atoms with van der Waals surface area (Å²) in [5.74, 6) is 0.544. The number of ketones is 1. The Morgan fingerprint density at radius 1 is 1.25 bits per heavy atom. The average molecular weight is 293 g/mol. The maximum absolute atomic E-state index is 12.1. The Bertz CT molecular complexity index is 690. The van der Waals surface area contributed by atoms with E-state index in [4.69, 9.17) is 4.42 Å². The molecule has 1 aromatic heterocycles. The van der Waals surface area contributed by atoms with Crippen LogP contribution in [0.4, 0.5) is 0 Å². The fraction of sp³-hybridized carbons (Fsp3) is 0.214. The largest absolute Gasteiger partial charge is 0.469 e. The van der Waals surface area contributed by atoms with E-state index in [0.717, 1.165) is 0 Å². The second kappa shape index (κ2) is 6.02. The van der Waals surface area contributed by atoms with Crippen molar-refractivity contribution in [1.82, 2.24) is 4.72 Å². The number of benzene rings is 1. The molecule has 0 unspecified atom stereocenters. The first-order chi connectivity index (χ1) is 9.49. The van der Waals surface area contributed by atoms with Gasteiger partial charge in [-0.15, -0.1) is 0 Å². The minimum atomic E-state index is -3.61. The van der Waals surface area contributed by atoms with Gasteiger partial charge in [-0.25, -0.2) is 13.1 Å². The van der Waals surface area contributed by atoms with E-state index in [1.54, 1.807) is 30.5 Å². The number of sulfonamides is 1. The van der Waals surface area contributed by atoms with Gasteiger partial charge in [-0.2, -0.15) is 0 Å². The number of hydrogen-bond donors (Lipinski definition) is 1. The highest BCUT2D eigenvalue weighted by atomic mass is 32.2. The van der Waals surface area contributed by atoms with Gasteiger partial charge in [0.2, 0.25) is 10.0 Å². The second-order valence-electron chi connectivity index (χ2n) is 4.31. The van der Waals surface area contributed by atoms with E-state index in [1.165, 1.54) is 19.1 Å². The summed E-state index contributed by atoms with van der Waals surface area (Å²) < 4.78 is 31.8. The van der Waals surface area contributed by atoms with Gasteiger partial charge in [0, 0.05) is 18.5 Å². The Hall–Kier alpha value is -1.92. The molecule has 106 valence electrons. The van der Waals surface area contributed by atoms with Crippen molar-refractivity contribution in [3.05, 3.63) is 54.0 Å². The summed E-state index contributed by atoms with van der Waals surface area (Å²) >= 11 is 0. The van der Waals surface area contributed by atoms with Crippen molar-refractivity contribution >= 4 is 15.8 Å². The van der Waals surface area contributed by atoms with Crippen LogP contribution in [0.2, 0.25) is 0 Å². The molecule has 0 spiro atoms. The minimum absolute atomic E-state index is 0.0876. The molecule has 6 heteroatoms. The molecule has 0 saturated carbocycles. The monoisotopic (exact) mass is 293 g/mol. The van der Waals surface area contributed by atoms with Gasteiger partial charge in [0.05, 0.1) is 11.2 Å². The van der Waals surface area contributed by atoms with E-state index in [1.807, 2.05) is 0 Å². The molecule has 1 N–H and O–H groups in total. The van der Waals surface area contributed by atoms with E-state index in [2.05, 4.69) is 4.72 Å². The lowest BCUT2D eigenvalue weighted by molar-refractivity contribution is 0.101. The van der Waals surface area contributed by atoms with Gasteiger partial charge in [-0.05, 0) is 31.2 Å². The maximum atomic E-state index is 12.1. The van der Waals surface area contributed by atoms with E-state index < -0.39 is 10.0 Å². The van der Waals surface area contributed by atoms with E-state index >= 15 is 0 Å². The lowest BCUT2D eigenvalue weighted by Gasteiger charge is -2.07. The molecule has 0 fully saturated rings. The van der Waals surface area contributed by atoms with Crippen molar-refractivity contribution in [2.75, 3.05) is 6.54 Å². The van der Waals surface area contributed by atoms with Gasteiger partial charge in [0.25, 0.3) is 0 Å². The predicted octanol–water partition coefficient (Wildman–Crippen LogP) is 2.00.